The number of hydrogen-bond donors (Lipinski definition) is 2. The number of nitrogens with one attached hydrogen (secondary N) is 1. The lowest BCUT2D eigenvalue weighted by Crippen LogP contribution is -2.41. The van der Waals surface area contributed by atoms with E-state index in [9.17, 15) is 4.79 Å². The monoisotopic (exact) mass is 225 g/mol. The average molecular weight is 225 g/mol. The SMILES string of the molecule is Cc1noc(C)c1CNC(=O)C(C)(C)CN. The van der Waals surface area contributed by atoms with Crippen LogP contribution in [0.3, 0.4) is 0 Å². The summed E-state index contributed by atoms with van der Waals surface area (Å²) in [6.07, 6.45) is 0. The molecule has 0 saturated heterocycles. The fraction of sp³-hybridized carbons (Fsp3) is 0.636. The summed E-state index contributed by atoms with van der Waals surface area (Å²) >= 11 is 0. The highest BCUT2D eigenvalue weighted by Crippen LogP contribution is 2.15. The molecule has 1 aromatic heterocycles. The van der Waals surface area contributed by atoms with E-state index < -0.39 is 5.41 Å². The lowest BCUT2D eigenvalue weighted by molar-refractivity contribution is -0.129. The Morgan fingerprint density at radius 2 is 2.12 bits per heavy atom. The standard InChI is InChI=1S/C11H19N3O2/c1-7-9(8(2)16-14-7)5-13-10(15)11(3,4)6-12/h5-6,12H2,1-4H3,(H,13,15). The number of hydrogen-bond acceptors (Lipinski definition) is 4. The van der Waals surface area contributed by atoms with Gasteiger partial charge < -0.3 is 15.6 Å². The molecule has 0 aliphatic carbocycles. The average Bonchev–Trinajstić information content (AvgIpc) is 2.55. The van der Waals surface area contributed by atoms with Crippen LogP contribution in [-0.4, -0.2) is 17.6 Å². The van der Waals surface area contributed by atoms with Crippen molar-refractivity contribution in [2.45, 2.75) is 34.2 Å². The zero-order valence-electron chi connectivity index (χ0n) is 10.3. The van der Waals surface area contributed by atoms with Crippen molar-refractivity contribution in [2.75, 3.05) is 6.54 Å². The number of aromatic nitrogens is 1. The van der Waals surface area contributed by atoms with E-state index in [0.717, 1.165) is 17.0 Å². The van der Waals surface area contributed by atoms with Gasteiger partial charge in [-0.3, -0.25) is 4.79 Å². The molecule has 90 valence electrons. The highest BCUT2D eigenvalue weighted by molar-refractivity contribution is 5.82. The van der Waals surface area contributed by atoms with Gasteiger partial charge in [-0.25, -0.2) is 0 Å². The van der Waals surface area contributed by atoms with Crippen LogP contribution in [0.5, 0.6) is 0 Å². The molecule has 1 rings (SSSR count). The Balaban J connectivity index is 2.62. The first-order valence-electron chi connectivity index (χ1n) is 5.28. The topological polar surface area (TPSA) is 81.2 Å². The number of nitrogens with two attached hydrogens (primary N) is 1. The quantitative estimate of drug-likeness (QED) is 0.797. The summed E-state index contributed by atoms with van der Waals surface area (Å²) in [5.74, 6) is 0.679. The Labute approximate surface area is 95.4 Å². The minimum absolute atomic E-state index is 0.0602. The third kappa shape index (κ3) is 2.61. The van der Waals surface area contributed by atoms with Crippen LogP contribution in [0.15, 0.2) is 4.52 Å². The van der Waals surface area contributed by atoms with Crippen molar-refractivity contribution < 1.29 is 9.32 Å². The first-order valence-corrected chi connectivity index (χ1v) is 5.28. The molecule has 0 aliphatic rings. The van der Waals surface area contributed by atoms with Crippen LogP contribution < -0.4 is 11.1 Å². The van der Waals surface area contributed by atoms with Crippen LogP contribution in [0.2, 0.25) is 0 Å². The molecule has 0 fully saturated rings. The molecule has 16 heavy (non-hydrogen) atoms. The lowest BCUT2D eigenvalue weighted by atomic mass is 9.92. The summed E-state index contributed by atoms with van der Waals surface area (Å²) < 4.78 is 5.01. The van der Waals surface area contributed by atoms with Crippen molar-refractivity contribution in [3.05, 3.63) is 17.0 Å². The highest BCUT2D eigenvalue weighted by Gasteiger charge is 2.25. The first kappa shape index (κ1) is 12.7. The third-order valence-corrected chi connectivity index (χ3v) is 2.73. The number of aryl methyl sites for hydroxylation is 2. The van der Waals surface area contributed by atoms with Gasteiger partial charge in [0.25, 0.3) is 0 Å². The van der Waals surface area contributed by atoms with Gasteiger partial charge in [0.1, 0.15) is 5.76 Å². The van der Waals surface area contributed by atoms with Crippen LogP contribution in [-0.2, 0) is 11.3 Å². The van der Waals surface area contributed by atoms with E-state index in [2.05, 4.69) is 10.5 Å². The van der Waals surface area contributed by atoms with E-state index in [0.29, 0.717) is 13.1 Å². The molecule has 0 aliphatic heterocycles. The molecule has 1 amide bonds. The maximum absolute atomic E-state index is 11.8. The number of nitrogens with zero attached hydrogens (tertiary/aromatic N) is 1. The molecule has 0 saturated carbocycles. The van der Waals surface area contributed by atoms with Crippen LogP contribution in [0.1, 0.15) is 30.9 Å². The summed E-state index contributed by atoms with van der Waals surface area (Å²) in [5.41, 5.74) is 6.72. The Hall–Kier alpha value is -1.36. The molecular formula is C11H19N3O2. The van der Waals surface area contributed by atoms with Gasteiger partial charge in [-0.05, 0) is 27.7 Å². The molecule has 0 atom stereocenters. The van der Waals surface area contributed by atoms with E-state index >= 15 is 0 Å². The minimum Gasteiger partial charge on any atom is -0.361 e. The van der Waals surface area contributed by atoms with Crippen molar-refractivity contribution in [1.82, 2.24) is 10.5 Å². The number of carbonyl (C=O) groups is 1. The van der Waals surface area contributed by atoms with Crippen molar-refractivity contribution in [3.63, 3.8) is 0 Å². The van der Waals surface area contributed by atoms with E-state index in [1.807, 2.05) is 27.7 Å². The van der Waals surface area contributed by atoms with Crippen LogP contribution >= 0.6 is 0 Å². The Kier molecular flexibility index (Phi) is 3.70. The van der Waals surface area contributed by atoms with Crippen molar-refractivity contribution >= 4 is 5.91 Å². The summed E-state index contributed by atoms with van der Waals surface area (Å²) in [6, 6.07) is 0. The molecule has 1 aromatic rings. The Bertz CT molecular complexity index is 363. The fourth-order valence-electron chi connectivity index (χ4n) is 1.25. The second-order valence-corrected chi connectivity index (χ2v) is 4.57. The first-order chi connectivity index (χ1) is 7.38. The number of carbonyl (C=O) groups excluding carboxylic acids is 1. The summed E-state index contributed by atoms with van der Waals surface area (Å²) in [4.78, 5) is 11.8. The normalized spacial score (nSPS) is 11.6. The fourth-order valence-corrected chi connectivity index (χ4v) is 1.25. The second-order valence-electron chi connectivity index (χ2n) is 4.57. The van der Waals surface area contributed by atoms with E-state index in [1.54, 1.807) is 0 Å². The Morgan fingerprint density at radius 1 is 1.50 bits per heavy atom. The molecular weight excluding hydrogens is 206 g/mol. The molecule has 0 bridgehead atoms. The molecule has 0 aromatic carbocycles. The molecule has 5 heteroatoms. The smallest absolute Gasteiger partial charge is 0.227 e. The van der Waals surface area contributed by atoms with Crippen molar-refractivity contribution in [3.8, 4) is 0 Å². The summed E-state index contributed by atoms with van der Waals surface area (Å²) in [5, 5.41) is 6.66. The maximum atomic E-state index is 11.8. The number of rotatable bonds is 4. The van der Waals surface area contributed by atoms with Gasteiger partial charge in [0.05, 0.1) is 11.1 Å². The van der Waals surface area contributed by atoms with Crippen molar-refractivity contribution in [1.29, 1.82) is 0 Å². The predicted octanol–water partition coefficient (Wildman–Crippen LogP) is 0.893. The second kappa shape index (κ2) is 4.65. The van der Waals surface area contributed by atoms with Crippen LogP contribution in [0, 0.1) is 19.3 Å². The molecule has 0 spiro atoms. The van der Waals surface area contributed by atoms with Gasteiger partial charge in [-0.2, -0.15) is 0 Å². The Morgan fingerprint density at radius 3 is 2.56 bits per heavy atom. The van der Waals surface area contributed by atoms with Gasteiger partial charge in [0, 0.05) is 18.7 Å². The van der Waals surface area contributed by atoms with Crippen LogP contribution in [0.25, 0.3) is 0 Å². The lowest BCUT2D eigenvalue weighted by Gasteiger charge is -2.21. The maximum Gasteiger partial charge on any atom is 0.227 e. The van der Waals surface area contributed by atoms with E-state index in [1.165, 1.54) is 0 Å². The minimum atomic E-state index is -0.543. The molecule has 0 radical (unpaired) electrons. The van der Waals surface area contributed by atoms with Gasteiger partial charge in [-0.15, -0.1) is 0 Å². The van der Waals surface area contributed by atoms with Gasteiger partial charge in [-0.1, -0.05) is 5.16 Å². The molecule has 3 N–H and O–H groups in total. The van der Waals surface area contributed by atoms with E-state index in [-0.39, 0.29) is 5.91 Å². The predicted molar refractivity (Wildman–Crippen MR) is 60.7 cm³/mol. The molecule has 0 unspecified atom stereocenters. The molecule has 1 heterocycles. The van der Waals surface area contributed by atoms with Gasteiger partial charge in [0.2, 0.25) is 5.91 Å². The zero-order valence-corrected chi connectivity index (χ0v) is 10.3. The zero-order chi connectivity index (χ0) is 12.3. The van der Waals surface area contributed by atoms with Crippen molar-refractivity contribution in [2.24, 2.45) is 11.1 Å². The highest BCUT2D eigenvalue weighted by atomic mass is 16.5. The van der Waals surface area contributed by atoms with Gasteiger partial charge in [0.15, 0.2) is 0 Å². The number of amides is 1. The summed E-state index contributed by atoms with van der Waals surface area (Å²) in [6.45, 7) is 8.07. The van der Waals surface area contributed by atoms with Gasteiger partial charge >= 0.3 is 0 Å². The third-order valence-electron chi connectivity index (χ3n) is 2.73. The van der Waals surface area contributed by atoms with E-state index in [4.69, 9.17) is 10.3 Å². The molecule has 5 nitrogen and oxygen atoms in total. The van der Waals surface area contributed by atoms with Crippen LogP contribution in [0.4, 0.5) is 0 Å². The summed E-state index contributed by atoms with van der Waals surface area (Å²) in [7, 11) is 0. The largest absolute Gasteiger partial charge is 0.361 e.